The minimum Gasteiger partial charge on any atom is -0.493 e. The molecule has 1 amide bonds. The van der Waals surface area contributed by atoms with Crippen LogP contribution in [0.4, 0.5) is 0 Å². The average molecular weight is 344 g/mol. The van der Waals surface area contributed by atoms with Gasteiger partial charge in [0.15, 0.2) is 11.5 Å². The molecule has 1 N–H and O–H groups in total. The summed E-state index contributed by atoms with van der Waals surface area (Å²) in [6, 6.07) is 8.80. The van der Waals surface area contributed by atoms with E-state index in [9.17, 15) is 4.79 Å². The lowest BCUT2D eigenvalue weighted by Gasteiger charge is -2.14. The highest BCUT2D eigenvalue weighted by molar-refractivity contribution is 5.94. The van der Waals surface area contributed by atoms with Crippen LogP contribution in [0.3, 0.4) is 0 Å². The van der Waals surface area contributed by atoms with E-state index in [1.54, 1.807) is 31.5 Å². The summed E-state index contributed by atoms with van der Waals surface area (Å²) in [5.41, 5.74) is 1.32. The fraction of sp³-hybridized carbons (Fsp3) is 0.368. The number of carbonyl (C=O) groups is 1. The number of amides is 1. The fourth-order valence-electron chi connectivity index (χ4n) is 2.26. The Morgan fingerprint density at radius 3 is 2.72 bits per heavy atom. The first-order valence-electron chi connectivity index (χ1n) is 8.24. The highest BCUT2D eigenvalue weighted by Gasteiger charge is 2.13. The number of hydrogen-bond donors (Lipinski definition) is 1. The van der Waals surface area contributed by atoms with Crippen LogP contribution < -0.4 is 19.5 Å². The van der Waals surface area contributed by atoms with Crippen LogP contribution in [-0.4, -0.2) is 30.7 Å². The van der Waals surface area contributed by atoms with Crippen LogP contribution in [0, 0.1) is 0 Å². The van der Waals surface area contributed by atoms with Gasteiger partial charge in [-0.2, -0.15) is 0 Å². The van der Waals surface area contributed by atoms with Crippen molar-refractivity contribution in [2.75, 3.05) is 13.7 Å². The second-order valence-electron chi connectivity index (χ2n) is 5.62. The Morgan fingerprint density at radius 1 is 1.24 bits per heavy atom. The summed E-state index contributed by atoms with van der Waals surface area (Å²) < 4.78 is 16.4. The van der Waals surface area contributed by atoms with E-state index in [0.29, 0.717) is 36.1 Å². The third kappa shape index (κ3) is 5.11. The van der Waals surface area contributed by atoms with Gasteiger partial charge in [0.1, 0.15) is 0 Å². The number of aromatic nitrogens is 1. The van der Waals surface area contributed by atoms with Crippen LogP contribution in [0.1, 0.15) is 36.7 Å². The Kier molecular flexibility index (Phi) is 6.62. The molecule has 6 nitrogen and oxygen atoms in total. The quantitative estimate of drug-likeness (QED) is 0.796. The number of benzene rings is 1. The van der Waals surface area contributed by atoms with E-state index >= 15 is 0 Å². The van der Waals surface area contributed by atoms with E-state index < -0.39 is 0 Å². The Hall–Kier alpha value is -2.76. The fourth-order valence-corrected chi connectivity index (χ4v) is 2.26. The maximum Gasteiger partial charge on any atom is 0.251 e. The molecular formula is C19H24N2O4. The van der Waals surface area contributed by atoms with Crippen LogP contribution in [-0.2, 0) is 6.54 Å². The number of rotatable bonds is 8. The third-order valence-electron chi connectivity index (χ3n) is 3.36. The zero-order valence-corrected chi connectivity index (χ0v) is 15.0. The Balaban J connectivity index is 2.08. The molecule has 1 aromatic carbocycles. The van der Waals surface area contributed by atoms with Crippen LogP contribution in [0.2, 0.25) is 0 Å². The summed E-state index contributed by atoms with van der Waals surface area (Å²) in [5.74, 6) is 1.46. The zero-order valence-electron chi connectivity index (χ0n) is 15.0. The lowest BCUT2D eigenvalue weighted by molar-refractivity contribution is 0.0950. The van der Waals surface area contributed by atoms with Crippen LogP contribution in [0.15, 0.2) is 36.5 Å². The van der Waals surface area contributed by atoms with Crippen LogP contribution in [0.25, 0.3) is 0 Å². The van der Waals surface area contributed by atoms with Crippen molar-refractivity contribution in [3.8, 4) is 17.4 Å². The predicted molar refractivity (Wildman–Crippen MR) is 95.3 cm³/mol. The highest BCUT2D eigenvalue weighted by atomic mass is 16.5. The van der Waals surface area contributed by atoms with E-state index in [2.05, 4.69) is 10.3 Å². The topological polar surface area (TPSA) is 69.7 Å². The van der Waals surface area contributed by atoms with E-state index in [-0.39, 0.29) is 12.0 Å². The smallest absolute Gasteiger partial charge is 0.251 e. The van der Waals surface area contributed by atoms with Crippen molar-refractivity contribution in [2.45, 2.75) is 33.4 Å². The largest absolute Gasteiger partial charge is 0.493 e. The normalized spacial score (nSPS) is 10.4. The van der Waals surface area contributed by atoms with Gasteiger partial charge in [-0.25, -0.2) is 4.98 Å². The first-order chi connectivity index (χ1) is 12.0. The standard InChI is InChI=1S/C19H24N2O4/c1-5-24-19-15(7-6-10-20-19)12-21-18(22)14-8-9-16(25-13(2)3)17(11-14)23-4/h6-11,13H,5,12H2,1-4H3,(H,21,22). The predicted octanol–water partition coefficient (Wildman–Crippen LogP) is 3.21. The van der Waals surface area contributed by atoms with Crippen LogP contribution in [0.5, 0.6) is 17.4 Å². The van der Waals surface area contributed by atoms with Crippen LogP contribution >= 0.6 is 0 Å². The molecule has 0 bridgehead atoms. The van der Waals surface area contributed by atoms with E-state index in [0.717, 1.165) is 5.56 Å². The minimum absolute atomic E-state index is 0.0242. The molecule has 1 heterocycles. The van der Waals surface area contributed by atoms with Gasteiger partial charge in [-0.05, 0) is 45.0 Å². The van der Waals surface area contributed by atoms with E-state index in [1.165, 1.54) is 0 Å². The van der Waals surface area contributed by atoms with Crippen molar-refractivity contribution in [1.29, 1.82) is 0 Å². The zero-order chi connectivity index (χ0) is 18.2. The molecule has 0 atom stereocenters. The summed E-state index contributed by atoms with van der Waals surface area (Å²) in [4.78, 5) is 16.6. The molecule has 0 saturated heterocycles. The van der Waals surface area contributed by atoms with Crippen molar-refractivity contribution in [1.82, 2.24) is 10.3 Å². The van der Waals surface area contributed by atoms with Crippen molar-refractivity contribution < 1.29 is 19.0 Å². The lowest BCUT2D eigenvalue weighted by atomic mass is 10.1. The molecule has 0 radical (unpaired) electrons. The van der Waals surface area contributed by atoms with E-state index in [1.807, 2.05) is 32.9 Å². The lowest BCUT2D eigenvalue weighted by Crippen LogP contribution is -2.23. The molecule has 2 aromatic rings. The molecule has 25 heavy (non-hydrogen) atoms. The highest BCUT2D eigenvalue weighted by Crippen LogP contribution is 2.29. The molecule has 134 valence electrons. The molecular weight excluding hydrogens is 320 g/mol. The van der Waals surface area contributed by atoms with Gasteiger partial charge in [0, 0.05) is 23.9 Å². The molecule has 2 rings (SSSR count). The summed E-state index contributed by atoms with van der Waals surface area (Å²) in [6.07, 6.45) is 1.69. The Bertz CT molecular complexity index is 716. The summed E-state index contributed by atoms with van der Waals surface area (Å²) in [6.45, 7) is 6.61. The molecule has 1 aromatic heterocycles. The second kappa shape index (κ2) is 8.92. The molecule has 0 unspecified atom stereocenters. The first kappa shape index (κ1) is 18.6. The maximum atomic E-state index is 12.4. The van der Waals surface area contributed by atoms with Gasteiger partial charge in [-0.1, -0.05) is 6.07 Å². The van der Waals surface area contributed by atoms with Crippen molar-refractivity contribution in [3.63, 3.8) is 0 Å². The number of ether oxygens (including phenoxy) is 3. The van der Waals surface area contributed by atoms with Crippen molar-refractivity contribution >= 4 is 5.91 Å². The summed E-state index contributed by atoms with van der Waals surface area (Å²) >= 11 is 0. The van der Waals surface area contributed by atoms with Gasteiger partial charge in [0.05, 0.1) is 19.8 Å². The van der Waals surface area contributed by atoms with Gasteiger partial charge in [-0.3, -0.25) is 4.79 Å². The molecule has 6 heteroatoms. The van der Waals surface area contributed by atoms with Gasteiger partial charge < -0.3 is 19.5 Å². The monoisotopic (exact) mass is 344 g/mol. The van der Waals surface area contributed by atoms with Crippen molar-refractivity contribution in [3.05, 3.63) is 47.7 Å². The third-order valence-corrected chi connectivity index (χ3v) is 3.36. The number of hydrogen-bond acceptors (Lipinski definition) is 5. The summed E-state index contributed by atoms with van der Waals surface area (Å²) in [5, 5.41) is 2.87. The number of pyridine rings is 1. The number of nitrogens with zero attached hydrogens (tertiary/aromatic N) is 1. The number of carbonyl (C=O) groups excluding carboxylic acids is 1. The molecule has 0 aliphatic heterocycles. The Morgan fingerprint density at radius 2 is 2.04 bits per heavy atom. The van der Waals surface area contributed by atoms with Crippen molar-refractivity contribution in [2.24, 2.45) is 0 Å². The van der Waals surface area contributed by atoms with Gasteiger partial charge in [0.2, 0.25) is 5.88 Å². The molecule has 0 aliphatic rings. The summed E-state index contributed by atoms with van der Waals surface area (Å²) in [7, 11) is 1.55. The molecule has 0 saturated carbocycles. The van der Waals surface area contributed by atoms with Gasteiger partial charge >= 0.3 is 0 Å². The Labute approximate surface area is 148 Å². The molecule has 0 spiro atoms. The van der Waals surface area contributed by atoms with E-state index in [4.69, 9.17) is 14.2 Å². The van der Waals surface area contributed by atoms with Gasteiger partial charge in [-0.15, -0.1) is 0 Å². The molecule has 0 fully saturated rings. The number of methoxy groups -OCH3 is 1. The number of nitrogens with one attached hydrogen (secondary N) is 1. The average Bonchev–Trinajstić information content (AvgIpc) is 2.61. The second-order valence-corrected chi connectivity index (χ2v) is 5.62. The van der Waals surface area contributed by atoms with Gasteiger partial charge in [0.25, 0.3) is 5.91 Å². The SMILES string of the molecule is CCOc1ncccc1CNC(=O)c1ccc(OC(C)C)c(OC)c1. The minimum atomic E-state index is -0.208. The maximum absolute atomic E-state index is 12.4. The first-order valence-corrected chi connectivity index (χ1v) is 8.24. The molecule has 0 aliphatic carbocycles.